The molecule has 5 nitrogen and oxygen atoms in total. The van der Waals surface area contributed by atoms with Crippen LogP contribution in [-0.4, -0.2) is 17.1 Å². The van der Waals surface area contributed by atoms with Crippen molar-refractivity contribution >= 4 is 29.0 Å². The average Bonchev–Trinajstić information content (AvgIpc) is 2.81. The van der Waals surface area contributed by atoms with Crippen molar-refractivity contribution in [2.45, 2.75) is 13.5 Å². The van der Waals surface area contributed by atoms with Crippen molar-refractivity contribution in [1.82, 2.24) is 5.32 Å². The van der Waals surface area contributed by atoms with E-state index in [4.69, 9.17) is 5.11 Å². The molecule has 0 bridgehead atoms. The lowest BCUT2D eigenvalue weighted by Gasteiger charge is -2.10. The summed E-state index contributed by atoms with van der Waals surface area (Å²) in [6, 6.07) is 2.52. The van der Waals surface area contributed by atoms with E-state index < -0.39 is 17.8 Å². The first-order chi connectivity index (χ1) is 9.97. The van der Waals surface area contributed by atoms with E-state index in [0.717, 1.165) is 29.3 Å². The minimum Gasteiger partial charge on any atom is -0.478 e. The van der Waals surface area contributed by atoms with E-state index in [1.165, 1.54) is 11.3 Å². The minimum atomic E-state index is -1.24. The molecule has 2 rings (SSSR count). The number of hydrogen-bond donors (Lipinski definition) is 3. The topological polar surface area (TPSA) is 78.4 Å². The van der Waals surface area contributed by atoms with Crippen LogP contribution in [0, 0.1) is 12.7 Å². The monoisotopic (exact) mass is 308 g/mol. The molecule has 0 spiro atoms. The van der Waals surface area contributed by atoms with Crippen molar-refractivity contribution in [1.29, 1.82) is 0 Å². The Kier molecular flexibility index (Phi) is 4.54. The van der Waals surface area contributed by atoms with Gasteiger partial charge in [-0.2, -0.15) is 11.3 Å². The molecule has 2 amide bonds. The van der Waals surface area contributed by atoms with Gasteiger partial charge in [-0.1, -0.05) is 0 Å². The highest BCUT2D eigenvalue weighted by Crippen LogP contribution is 2.17. The molecule has 0 fully saturated rings. The van der Waals surface area contributed by atoms with E-state index in [1.807, 2.05) is 17.7 Å². The van der Waals surface area contributed by atoms with Crippen LogP contribution in [0.2, 0.25) is 0 Å². The highest BCUT2D eigenvalue weighted by molar-refractivity contribution is 7.08. The number of aromatic carboxylic acids is 1. The lowest BCUT2D eigenvalue weighted by atomic mass is 10.2. The van der Waals surface area contributed by atoms with E-state index >= 15 is 0 Å². The molecule has 21 heavy (non-hydrogen) atoms. The summed E-state index contributed by atoms with van der Waals surface area (Å²) in [5.74, 6) is -1.86. The van der Waals surface area contributed by atoms with Gasteiger partial charge in [0, 0.05) is 6.54 Å². The van der Waals surface area contributed by atoms with Gasteiger partial charge in [0.2, 0.25) is 0 Å². The molecule has 0 radical (unpaired) electrons. The molecule has 7 heteroatoms. The Balaban J connectivity index is 2.04. The highest BCUT2D eigenvalue weighted by atomic mass is 32.1. The van der Waals surface area contributed by atoms with Crippen LogP contribution in [0.4, 0.5) is 14.9 Å². The number of benzene rings is 1. The lowest BCUT2D eigenvalue weighted by molar-refractivity contribution is 0.0698. The molecule has 0 saturated heterocycles. The number of thiophene rings is 1. The molecule has 0 aliphatic rings. The first-order valence-corrected chi connectivity index (χ1v) is 7.01. The second-order valence-corrected chi connectivity index (χ2v) is 5.13. The molecule has 3 N–H and O–H groups in total. The SMILES string of the molecule is Cc1cscc1CNC(=O)Nc1cc(F)ccc1C(=O)O. The van der Waals surface area contributed by atoms with Crippen molar-refractivity contribution in [2.24, 2.45) is 0 Å². The second kappa shape index (κ2) is 6.36. The molecule has 0 atom stereocenters. The number of carbonyl (C=O) groups is 2. The van der Waals surface area contributed by atoms with Gasteiger partial charge in [0.05, 0.1) is 11.3 Å². The Labute approximate surface area is 124 Å². The number of halogens is 1. The van der Waals surface area contributed by atoms with Gasteiger partial charge in [-0.25, -0.2) is 14.0 Å². The zero-order valence-electron chi connectivity index (χ0n) is 11.1. The van der Waals surface area contributed by atoms with E-state index in [-0.39, 0.29) is 11.3 Å². The molecule has 0 unspecified atom stereocenters. The van der Waals surface area contributed by atoms with E-state index in [0.29, 0.717) is 6.54 Å². The van der Waals surface area contributed by atoms with Gasteiger partial charge in [0.1, 0.15) is 5.82 Å². The second-order valence-electron chi connectivity index (χ2n) is 4.38. The molecular formula is C14H13FN2O3S. The van der Waals surface area contributed by atoms with Gasteiger partial charge >= 0.3 is 12.0 Å². The van der Waals surface area contributed by atoms with E-state index in [2.05, 4.69) is 10.6 Å². The number of carboxylic acid groups (broad SMARTS) is 1. The minimum absolute atomic E-state index is 0.0814. The van der Waals surface area contributed by atoms with Crippen molar-refractivity contribution in [2.75, 3.05) is 5.32 Å². The maximum absolute atomic E-state index is 13.2. The molecule has 110 valence electrons. The summed E-state index contributed by atoms with van der Waals surface area (Å²) >= 11 is 1.53. The zero-order valence-corrected chi connectivity index (χ0v) is 12.0. The summed E-state index contributed by atoms with van der Waals surface area (Å²) in [4.78, 5) is 22.8. The van der Waals surface area contributed by atoms with Crippen molar-refractivity contribution < 1.29 is 19.1 Å². The summed E-state index contributed by atoms with van der Waals surface area (Å²) in [7, 11) is 0. The number of aryl methyl sites for hydroxylation is 1. The molecule has 1 aromatic heterocycles. The molecule has 0 aliphatic heterocycles. The van der Waals surface area contributed by atoms with Crippen LogP contribution in [0.5, 0.6) is 0 Å². The zero-order chi connectivity index (χ0) is 15.4. The Hall–Kier alpha value is -2.41. The van der Waals surface area contributed by atoms with Gasteiger partial charge in [0.25, 0.3) is 0 Å². The van der Waals surface area contributed by atoms with Gasteiger partial charge in [-0.05, 0) is 47.0 Å². The summed E-state index contributed by atoms with van der Waals surface area (Å²) in [6.45, 7) is 2.25. The first-order valence-electron chi connectivity index (χ1n) is 6.06. The highest BCUT2D eigenvalue weighted by Gasteiger charge is 2.13. The fourth-order valence-corrected chi connectivity index (χ4v) is 2.57. The molecule has 2 aromatic rings. The quantitative estimate of drug-likeness (QED) is 0.811. The number of rotatable bonds is 4. The number of nitrogens with one attached hydrogen (secondary N) is 2. The van der Waals surface area contributed by atoms with Crippen LogP contribution in [0.3, 0.4) is 0 Å². The van der Waals surface area contributed by atoms with Crippen LogP contribution in [-0.2, 0) is 6.54 Å². The van der Waals surface area contributed by atoms with Crippen LogP contribution < -0.4 is 10.6 Å². The Morgan fingerprint density at radius 2 is 2.10 bits per heavy atom. The predicted octanol–water partition coefficient (Wildman–Crippen LogP) is 3.22. The summed E-state index contributed by atoms with van der Waals surface area (Å²) in [5.41, 5.74) is 1.80. The molecular weight excluding hydrogens is 295 g/mol. The average molecular weight is 308 g/mol. The Morgan fingerprint density at radius 1 is 1.33 bits per heavy atom. The lowest BCUT2D eigenvalue weighted by Crippen LogP contribution is -2.29. The number of amides is 2. The van der Waals surface area contributed by atoms with Crippen molar-refractivity contribution in [3.05, 3.63) is 51.5 Å². The van der Waals surface area contributed by atoms with Crippen LogP contribution in [0.15, 0.2) is 29.0 Å². The fourth-order valence-electron chi connectivity index (χ4n) is 1.72. The Bertz CT molecular complexity index is 685. The number of urea groups is 1. The van der Waals surface area contributed by atoms with Crippen LogP contribution in [0.1, 0.15) is 21.5 Å². The van der Waals surface area contributed by atoms with Crippen LogP contribution >= 0.6 is 11.3 Å². The fraction of sp³-hybridized carbons (Fsp3) is 0.143. The van der Waals surface area contributed by atoms with E-state index in [1.54, 1.807) is 0 Å². The third kappa shape index (κ3) is 3.79. The third-order valence-electron chi connectivity index (χ3n) is 2.86. The summed E-state index contributed by atoms with van der Waals surface area (Å²) < 4.78 is 13.2. The maximum atomic E-state index is 13.2. The molecule has 1 aromatic carbocycles. The predicted molar refractivity (Wildman–Crippen MR) is 78.3 cm³/mol. The normalized spacial score (nSPS) is 10.2. The van der Waals surface area contributed by atoms with Gasteiger partial charge < -0.3 is 15.7 Å². The number of anilines is 1. The number of hydrogen-bond acceptors (Lipinski definition) is 3. The molecule has 0 aliphatic carbocycles. The summed E-state index contributed by atoms with van der Waals surface area (Å²) in [5, 5.41) is 17.8. The van der Waals surface area contributed by atoms with Crippen molar-refractivity contribution in [3.8, 4) is 0 Å². The van der Waals surface area contributed by atoms with Crippen molar-refractivity contribution in [3.63, 3.8) is 0 Å². The number of carbonyl (C=O) groups excluding carboxylic acids is 1. The summed E-state index contributed by atoms with van der Waals surface area (Å²) in [6.07, 6.45) is 0. The van der Waals surface area contributed by atoms with Gasteiger partial charge in [-0.15, -0.1) is 0 Å². The van der Waals surface area contributed by atoms with Gasteiger partial charge in [0.15, 0.2) is 0 Å². The largest absolute Gasteiger partial charge is 0.478 e. The first kappa shape index (κ1) is 15.0. The molecule has 1 heterocycles. The number of carboxylic acids is 1. The maximum Gasteiger partial charge on any atom is 0.337 e. The molecule has 0 saturated carbocycles. The van der Waals surface area contributed by atoms with Crippen LogP contribution in [0.25, 0.3) is 0 Å². The van der Waals surface area contributed by atoms with E-state index in [9.17, 15) is 14.0 Å². The smallest absolute Gasteiger partial charge is 0.337 e. The third-order valence-corrected chi connectivity index (χ3v) is 3.77. The van der Waals surface area contributed by atoms with Gasteiger partial charge in [-0.3, -0.25) is 0 Å². The Morgan fingerprint density at radius 3 is 2.71 bits per heavy atom. The standard InChI is InChI=1S/C14H13FN2O3S/c1-8-6-21-7-9(8)5-16-14(20)17-12-4-10(15)2-3-11(12)13(18)19/h2-4,6-7H,5H2,1H3,(H,18,19)(H2,16,17,20).